The molecule has 0 radical (unpaired) electrons. The Kier molecular flexibility index (Phi) is 3.19. The first-order valence-corrected chi connectivity index (χ1v) is 5.15. The second kappa shape index (κ2) is 4.79. The third-order valence-corrected chi connectivity index (χ3v) is 2.37. The summed E-state index contributed by atoms with van der Waals surface area (Å²) in [5.41, 5.74) is 1.53. The molecule has 0 spiro atoms. The molecule has 0 bridgehead atoms. The Morgan fingerprint density at radius 2 is 2.12 bits per heavy atom. The van der Waals surface area contributed by atoms with Gasteiger partial charge in [0, 0.05) is 7.05 Å². The molecular weight excluding hydrogens is 207 g/mol. The Hall–Kier alpha value is -1.84. The zero-order valence-electron chi connectivity index (χ0n) is 9.03. The summed E-state index contributed by atoms with van der Waals surface area (Å²) < 4.78 is 18.4. The molecule has 0 saturated heterocycles. The number of nitrogens with zero attached hydrogens (tertiary/aromatic N) is 1. The van der Waals surface area contributed by atoms with Crippen LogP contribution in [0.4, 0.5) is 10.4 Å². The van der Waals surface area contributed by atoms with Crippen LogP contribution < -0.4 is 5.32 Å². The zero-order valence-corrected chi connectivity index (χ0v) is 9.03. The molecular formula is C12H13FN2O. The minimum atomic E-state index is -0.167. The van der Waals surface area contributed by atoms with Crippen molar-refractivity contribution < 1.29 is 8.81 Å². The van der Waals surface area contributed by atoms with E-state index in [2.05, 4.69) is 10.3 Å². The van der Waals surface area contributed by atoms with E-state index in [-0.39, 0.29) is 5.82 Å². The third-order valence-electron chi connectivity index (χ3n) is 2.37. The van der Waals surface area contributed by atoms with Gasteiger partial charge in [-0.05, 0) is 24.5 Å². The lowest BCUT2D eigenvalue weighted by atomic mass is 10.1. The van der Waals surface area contributed by atoms with Crippen LogP contribution in [-0.2, 0) is 12.8 Å². The highest BCUT2D eigenvalue weighted by molar-refractivity contribution is 5.22. The van der Waals surface area contributed by atoms with Crippen LogP contribution in [0, 0.1) is 5.82 Å². The maximum Gasteiger partial charge on any atom is 0.294 e. The van der Waals surface area contributed by atoms with E-state index in [9.17, 15) is 4.39 Å². The Morgan fingerprint density at radius 3 is 2.81 bits per heavy atom. The average molecular weight is 220 g/mol. The molecule has 0 aliphatic rings. The number of oxazole rings is 1. The van der Waals surface area contributed by atoms with Gasteiger partial charge >= 0.3 is 0 Å². The van der Waals surface area contributed by atoms with E-state index in [0.717, 1.165) is 5.69 Å². The Labute approximate surface area is 93.3 Å². The highest BCUT2D eigenvalue weighted by Gasteiger charge is 2.05. The summed E-state index contributed by atoms with van der Waals surface area (Å²) in [7, 11) is 1.74. The fourth-order valence-electron chi connectivity index (χ4n) is 1.50. The lowest BCUT2D eigenvalue weighted by Crippen LogP contribution is -1.95. The number of hydrogen-bond acceptors (Lipinski definition) is 3. The molecule has 0 amide bonds. The van der Waals surface area contributed by atoms with Crippen molar-refractivity contribution in [3.8, 4) is 0 Å². The predicted molar refractivity (Wildman–Crippen MR) is 59.9 cm³/mol. The van der Waals surface area contributed by atoms with Gasteiger partial charge in [-0.15, -0.1) is 0 Å². The highest BCUT2D eigenvalue weighted by atomic mass is 19.1. The van der Waals surface area contributed by atoms with Crippen molar-refractivity contribution in [2.75, 3.05) is 12.4 Å². The maximum atomic E-state index is 13.3. The average Bonchev–Trinajstić information content (AvgIpc) is 2.76. The van der Waals surface area contributed by atoms with Gasteiger partial charge in [0.15, 0.2) is 0 Å². The van der Waals surface area contributed by atoms with Crippen LogP contribution in [0.25, 0.3) is 0 Å². The van der Waals surface area contributed by atoms with Crippen molar-refractivity contribution in [2.24, 2.45) is 0 Å². The number of anilines is 1. The molecule has 0 atom stereocenters. The van der Waals surface area contributed by atoms with Gasteiger partial charge in [-0.2, -0.15) is 4.98 Å². The molecule has 1 heterocycles. The number of halogens is 1. The molecule has 2 aromatic rings. The van der Waals surface area contributed by atoms with Gasteiger partial charge in [-0.3, -0.25) is 0 Å². The monoisotopic (exact) mass is 220 g/mol. The smallest absolute Gasteiger partial charge is 0.294 e. The van der Waals surface area contributed by atoms with Gasteiger partial charge in [0.25, 0.3) is 6.01 Å². The molecule has 16 heavy (non-hydrogen) atoms. The molecule has 1 aromatic heterocycles. The Balaban J connectivity index is 1.99. The van der Waals surface area contributed by atoms with Crippen LogP contribution in [0.2, 0.25) is 0 Å². The first kappa shape index (κ1) is 10.7. The second-order valence-electron chi connectivity index (χ2n) is 3.49. The lowest BCUT2D eigenvalue weighted by Gasteiger charge is -2.00. The fourth-order valence-corrected chi connectivity index (χ4v) is 1.50. The minimum absolute atomic E-state index is 0.167. The van der Waals surface area contributed by atoms with E-state index in [0.29, 0.717) is 24.4 Å². The molecule has 1 aromatic carbocycles. The largest absolute Gasteiger partial charge is 0.432 e. The molecule has 3 nitrogen and oxygen atoms in total. The van der Waals surface area contributed by atoms with Crippen molar-refractivity contribution in [1.82, 2.24) is 4.98 Å². The number of benzene rings is 1. The SMILES string of the molecule is CNc1nc(CCc2ccccc2F)co1. The van der Waals surface area contributed by atoms with Gasteiger partial charge in [-0.25, -0.2) is 4.39 Å². The summed E-state index contributed by atoms with van der Waals surface area (Å²) in [4.78, 5) is 4.17. The summed E-state index contributed by atoms with van der Waals surface area (Å²) in [5.74, 6) is -0.167. The molecule has 0 unspecified atom stereocenters. The number of nitrogens with one attached hydrogen (secondary N) is 1. The summed E-state index contributed by atoms with van der Waals surface area (Å²) in [6.45, 7) is 0. The molecule has 84 valence electrons. The highest BCUT2D eigenvalue weighted by Crippen LogP contribution is 2.12. The van der Waals surface area contributed by atoms with Crippen molar-refractivity contribution in [3.05, 3.63) is 47.6 Å². The van der Waals surface area contributed by atoms with Crippen LogP contribution in [0.5, 0.6) is 0 Å². The second-order valence-corrected chi connectivity index (χ2v) is 3.49. The van der Waals surface area contributed by atoms with Crippen molar-refractivity contribution in [2.45, 2.75) is 12.8 Å². The van der Waals surface area contributed by atoms with E-state index in [1.807, 2.05) is 6.07 Å². The van der Waals surface area contributed by atoms with Crippen molar-refractivity contribution in [1.29, 1.82) is 0 Å². The minimum Gasteiger partial charge on any atom is -0.432 e. The van der Waals surface area contributed by atoms with Gasteiger partial charge in [0.2, 0.25) is 0 Å². The number of hydrogen-bond donors (Lipinski definition) is 1. The molecule has 0 fully saturated rings. The molecule has 2 rings (SSSR count). The normalized spacial score (nSPS) is 10.4. The van der Waals surface area contributed by atoms with E-state index >= 15 is 0 Å². The topological polar surface area (TPSA) is 38.1 Å². The lowest BCUT2D eigenvalue weighted by molar-refractivity contribution is 0.573. The van der Waals surface area contributed by atoms with Crippen LogP contribution in [-0.4, -0.2) is 12.0 Å². The van der Waals surface area contributed by atoms with E-state index in [4.69, 9.17) is 4.42 Å². The first-order valence-electron chi connectivity index (χ1n) is 5.15. The summed E-state index contributed by atoms with van der Waals surface area (Å²) >= 11 is 0. The standard InChI is InChI=1S/C12H13FN2O/c1-14-12-15-10(8-16-12)7-6-9-4-2-3-5-11(9)13/h2-5,8H,6-7H2,1H3,(H,14,15). The fraction of sp³-hybridized carbons (Fsp3) is 0.250. The molecule has 0 saturated carbocycles. The summed E-state index contributed by atoms with van der Waals surface area (Å²) in [5, 5.41) is 2.81. The van der Waals surface area contributed by atoms with Crippen molar-refractivity contribution >= 4 is 6.01 Å². The quantitative estimate of drug-likeness (QED) is 0.860. The van der Waals surface area contributed by atoms with E-state index in [1.54, 1.807) is 25.4 Å². The first-order chi connectivity index (χ1) is 7.79. The van der Waals surface area contributed by atoms with Gasteiger partial charge in [-0.1, -0.05) is 18.2 Å². The Morgan fingerprint density at radius 1 is 1.31 bits per heavy atom. The Bertz CT molecular complexity index is 468. The summed E-state index contributed by atoms with van der Waals surface area (Å²) in [6.07, 6.45) is 2.89. The molecule has 4 heteroatoms. The molecule has 1 N–H and O–H groups in total. The van der Waals surface area contributed by atoms with Crippen molar-refractivity contribution in [3.63, 3.8) is 0 Å². The molecule has 0 aliphatic carbocycles. The maximum absolute atomic E-state index is 13.3. The van der Waals surface area contributed by atoms with Gasteiger partial charge < -0.3 is 9.73 Å². The van der Waals surface area contributed by atoms with Crippen LogP contribution in [0.1, 0.15) is 11.3 Å². The third kappa shape index (κ3) is 2.39. The summed E-state index contributed by atoms with van der Waals surface area (Å²) in [6, 6.07) is 7.27. The number of aromatic nitrogens is 1. The molecule has 0 aliphatic heterocycles. The van der Waals surface area contributed by atoms with Crippen LogP contribution >= 0.6 is 0 Å². The van der Waals surface area contributed by atoms with E-state index in [1.165, 1.54) is 6.07 Å². The number of rotatable bonds is 4. The predicted octanol–water partition coefficient (Wildman–Crippen LogP) is 2.64. The van der Waals surface area contributed by atoms with E-state index < -0.39 is 0 Å². The number of aryl methyl sites for hydroxylation is 2. The zero-order chi connectivity index (χ0) is 11.4. The van der Waals surface area contributed by atoms with Crippen LogP contribution in [0.3, 0.4) is 0 Å². The van der Waals surface area contributed by atoms with Gasteiger partial charge in [0.05, 0.1) is 5.69 Å². The van der Waals surface area contributed by atoms with Crippen LogP contribution in [0.15, 0.2) is 34.9 Å². The van der Waals surface area contributed by atoms with Gasteiger partial charge in [0.1, 0.15) is 12.1 Å².